The number of likely N-dealkylation sites (tertiary alicyclic amines) is 1. The Kier molecular flexibility index (Phi) is 8.01. The van der Waals surface area contributed by atoms with Gasteiger partial charge in [0.1, 0.15) is 11.5 Å². The monoisotopic (exact) mass is 467 g/mol. The van der Waals surface area contributed by atoms with Crippen LogP contribution in [0.3, 0.4) is 0 Å². The smallest absolute Gasteiger partial charge is 0.295 e. The van der Waals surface area contributed by atoms with Gasteiger partial charge in [-0.25, -0.2) is 0 Å². The predicted octanol–water partition coefficient (Wildman–Crippen LogP) is 3.76. The molecule has 1 fully saturated rings. The number of likely N-dealkylation sites (N-methyl/N-ethyl adjacent to an activating group) is 1. The normalized spacial score (nSPS) is 17.4. The summed E-state index contributed by atoms with van der Waals surface area (Å²) in [7, 11) is 0. The van der Waals surface area contributed by atoms with Crippen LogP contribution < -0.4 is 4.74 Å². The molecule has 1 aliphatic rings. The highest BCUT2D eigenvalue weighted by atomic mass is 16.6. The maximum Gasteiger partial charge on any atom is 0.295 e. The first-order valence-electron chi connectivity index (χ1n) is 11.3. The van der Waals surface area contributed by atoms with Crippen molar-refractivity contribution < 1.29 is 24.4 Å². The molecule has 0 spiro atoms. The molecule has 1 unspecified atom stereocenters. The second-order valence-corrected chi connectivity index (χ2v) is 7.83. The van der Waals surface area contributed by atoms with Crippen LogP contribution in [0.2, 0.25) is 0 Å². The molecule has 0 aromatic heterocycles. The Hall–Kier alpha value is -3.72. The number of nitro benzene ring substituents is 1. The van der Waals surface area contributed by atoms with Gasteiger partial charge in [-0.2, -0.15) is 0 Å². The molecule has 0 aliphatic carbocycles. The summed E-state index contributed by atoms with van der Waals surface area (Å²) in [6.07, 6.45) is 0. The van der Waals surface area contributed by atoms with Gasteiger partial charge < -0.3 is 19.6 Å². The zero-order valence-electron chi connectivity index (χ0n) is 19.6. The minimum Gasteiger partial charge on any atom is -0.507 e. The summed E-state index contributed by atoms with van der Waals surface area (Å²) >= 11 is 0. The van der Waals surface area contributed by atoms with Gasteiger partial charge in [-0.1, -0.05) is 26.0 Å². The highest BCUT2D eigenvalue weighted by Crippen LogP contribution is 2.40. The lowest BCUT2D eigenvalue weighted by Crippen LogP contribution is -2.38. The fraction of sp³-hybridized carbons (Fsp3) is 0.360. The summed E-state index contributed by atoms with van der Waals surface area (Å²) in [4.78, 5) is 40.5. The molecule has 34 heavy (non-hydrogen) atoms. The number of hydrogen-bond acceptors (Lipinski definition) is 7. The molecule has 1 atom stereocenters. The number of carbonyl (C=O) groups is 2. The van der Waals surface area contributed by atoms with Crippen molar-refractivity contribution in [3.63, 3.8) is 0 Å². The number of benzene rings is 2. The molecule has 0 saturated carbocycles. The van der Waals surface area contributed by atoms with Crippen LogP contribution in [0.4, 0.5) is 5.69 Å². The van der Waals surface area contributed by atoms with Gasteiger partial charge in [-0.15, -0.1) is 0 Å². The number of ketones is 1. The van der Waals surface area contributed by atoms with E-state index in [4.69, 9.17) is 4.74 Å². The van der Waals surface area contributed by atoms with Gasteiger partial charge in [0.05, 0.1) is 23.1 Å². The van der Waals surface area contributed by atoms with Crippen LogP contribution in [0.5, 0.6) is 5.75 Å². The van der Waals surface area contributed by atoms with E-state index in [1.807, 2.05) is 20.8 Å². The predicted molar refractivity (Wildman–Crippen MR) is 128 cm³/mol. The number of amides is 1. The topological polar surface area (TPSA) is 113 Å². The molecule has 9 nitrogen and oxygen atoms in total. The lowest BCUT2D eigenvalue weighted by Gasteiger charge is -2.28. The van der Waals surface area contributed by atoms with Crippen LogP contribution in [0, 0.1) is 10.1 Å². The van der Waals surface area contributed by atoms with E-state index >= 15 is 0 Å². The van der Waals surface area contributed by atoms with Gasteiger partial charge in [-0.3, -0.25) is 19.7 Å². The minimum atomic E-state index is -0.943. The second-order valence-electron chi connectivity index (χ2n) is 7.83. The molecule has 0 radical (unpaired) electrons. The SMILES string of the molecule is CCOc1ccc(/C(O)=C2\C(=O)C(=O)N(CCN(CC)CC)C2c2cccc([N+](=O)[O-])c2)cc1. The number of carbonyl (C=O) groups excluding carboxylic acids is 2. The molecule has 2 aromatic rings. The van der Waals surface area contributed by atoms with Crippen molar-refractivity contribution >= 4 is 23.1 Å². The van der Waals surface area contributed by atoms with Gasteiger partial charge >= 0.3 is 0 Å². The van der Waals surface area contributed by atoms with Crippen molar-refractivity contribution in [1.82, 2.24) is 9.80 Å². The summed E-state index contributed by atoms with van der Waals surface area (Å²) in [5, 5.41) is 22.5. The fourth-order valence-electron chi connectivity index (χ4n) is 4.09. The fourth-order valence-corrected chi connectivity index (χ4v) is 4.09. The first-order valence-corrected chi connectivity index (χ1v) is 11.3. The molecule has 180 valence electrons. The van der Waals surface area contributed by atoms with E-state index in [1.54, 1.807) is 30.3 Å². The Labute approximate surface area is 198 Å². The molecular formula is C25H29N3O6. The standard InChI is InChI=1S/C25H29N3O6/c1-4-26(5-2)14-15-27-22(18-8-7-9-19(16-18)28(32)33)21(24(30)25(27)31)23(29)17-10-12-20(13-11-17)34-6-3/h7-13,16,22,29H,4-6,14-15H2,1-3H3/b23-21+. The maximum absolute atomic E-state index is 13.1. The van der Waals surface area contributed by atoms with Crippen LogP contribution in [-0.2, 0) is 9.59 Å². The quantitative estimate of drug-likeness (QED) is 0.186. The van der Waals surface area contributed by atoms with E-state index in [0.717, 1.165) is 13.1 Å². The third-order valence-electron chi connectivity index (χ3n) is 5.93. The maximum atomic E-state index is 13.1. The number of aliphatic hydroxyl groups excluding tert-OH is 1. The number of ether oxygens (including phenoxy) is 1. The average Bonchev–Trinajstić information content (AvgIpc) is 3.10. The van der Waals surface area contributed by atoms with E-state index in [1.165, 1.54) is 23.1 Å². The number of Topliss-reactive ketones (excluding diaryl/α,β-unsaturated/α-hetero) is 1. The van der Waals surface area contributed by atoms with Gasteiger partial charge in [-0.05, 0) is 49.8 Å². The summed E-state index contributed by atoms with van der Waals surface area (Å²) < 4.78 is 5.43. The zero-order chi connectivity index (χ0) is 24.8. The Morgan fingerprint density at radius 3 is 2.38 bits per heavy atom. The van der Waals surface area contributed by atoms with Gasteiger partial charge in [0, 0.05) is 30.8 Å². The number of non-ortho nitro benzene ring substituents is 1. The van der Waals surface area contributed by atoms with Crippen molar-refractivity contribution in [1.29, 1.82) is 0 Å². The van der Waals surface area contributed by atoms with Crippen molar-refractivity contribution in [2.45, 2.75) is 26.8 Å². The van der Waals surface area contributed by atoms with Crippen molar-refractivity contribution in [2.75, 3.05) is 32.8 Å². The average molecular weight is 468 g/mol. The van der Waals surface area contributed by atoms with Crippen LogP contribution in [0.25, 0.3) is 5.76 Å². The number of nitro groups is 1. The molecule has 1 aliphatic heterocycles. The molecule has 1 heterocycles. The Morgan fingerprint density at radius 1 is 1.12 bits per heavy atom. The van der Waals surface area contributed by atoms with Crippen molar-refractivity contribution in [2.24, 2.45) is 0 Å². The van der Waals surface area contributed by atoms with Crippen molar-refractivity contribution in [3.05, 3.63) is 75.3 Å². The highest BCUT2D eigenvalue weighted by molar-refractivity contribution is 6.46. The van der Waals surface area contributed by atoms with Gasteiger partial charge in [0.25, 0.3) is 17.4 Å². The van der Waals surface area contributed by atoms with Crippen LogP contribution in [-0.4, -0.2) is 64.3 Å². The molecule has 2 aromatic carbocycles. The van der Waals surface area contributed by atoms with Crippen LogP contribution in [0.1, 0.15) is 37.9 Å². The van der Waals surface area contributed by atoms with Crippen LogP contribution >= 0.6 is 0 Å². The third-order valence-corrected chi connectivity index (χ3v) is 5.93. The summed E-state index contributed by atoms with van der Waals surface area (Å²) in [5.41, 5.74) is 0.489. The molecule has 1 N–H and O–H groups in total. The Morgan fingerprint density at radius 2 is 1.79 bits per heavy atom. The summed E-state index contributed by atoms with van der Waals surface area (Å²) in [6.45, 7) is 8.64. The van der Waals surface area contributed by atoms with E-state index in [-0.39, 0.29) is 23.6 Å². The Balaban J connectivity index is 2.11. The lowest BCUT2D eigenvalue weighted by atomic mass is 9.95. The molecule has 3 rings (SSSR count). The third kappa shape index (κ3) is 5.09. The highest BCUT2D eigenvalue weighted by Gasteiger charge is 2.46. The number of hydrogen-bond donors (Lipinski definition) is 1. The van der Waals surface area contributed by atoms with E-state index in [9.17, 15) is 24.8 Å². The summed E-state index contributed by atoms with van der Waals surface area (Å²) in [5.74, 6) is -1.28. The number of nitrogens with zero attached hydrogens (tertiary/aromatic N) is 3. The molecule has 1 amide bonds. The lowest BCUT2D eigenvalue weighted by molar-refractivity contribution is -0.384. The molecule has 9 heteroatoms. The second kappa shape index (κ2) is 10.9. The number of rotatable bonds is 10. The van der Waals surface area contributed by atoms with E-state index in [0.29, 0.717) is 30.0 Å². The first-order chi connectivity index (χ1) is 16.3. The molecule has 0 bridgehead atoms. The summed E-state index contributed by atoms with van der Waals surface area (Å²) in [6, 6.07) is 11.4. The van der Waals surface area contributed by atoms with Gasteiger partial charge in [0.2, 0.25) is 0 Å². The molecule has 1 saturated heterocycles. The van der Waals surface area contributed by atoms with Crippen LogP contribution in [0.15, 0.2) is 54.1 Å². The van der Waals surface area contributed by atoms with Gasteiger partial charge in [0.15, 0.2) is 0 Å². The molecular weight excluding hydrogens is 438 g/mol. The minimum absolute atomic E-state index is 0.0887. The van der Waals surface area contributed by atoms with E-state index in [2.05, 4.69) is 4.90 Å². The zero-order valence-corrected chi connectivity index (χ0v) is 19.6. The largest absolute Gasteiger partial charge is 0.507 e. The first kappa shape index (κ1) is 24.9. The Bertz CT molecular complexity index is 1090. The van der Waals surface area contributed by atoms with Crippen molar-refractivity contribution in [3.8, 4) is 5.75 Å². The number of aliphatic hydroxyl groups is 1. The van der Waals surface area contributed by atoms with E-state index < -0.39 is 22.7 Å².